The fourth-order valence-corrected chi connectivity index (χ4v) is 3.66. The molecule has 1 saturated heterocycles. The molecule has 1 aliphatic rings. The number of nitrogens with two attached hydrogens (primary N) is 1. The lowest BCUT2D eigenvalue weighted by atomic mass is 10.0. The summed E-state index contributed by atoms with van der Waals surface area (Å²) < 4.78 is 31.1. The van der Waals surface area contributed by atoms with Crippen molar-refractivity contribution >= 4 is 15.9 Å². The summed E-state index contributed by atoms with van der Waals surface area (Å²) >= 11 is 0. The van der Waals surface area contributed by atoms with Crippen LogP contribution in [0.5, 0.6) is 0 Å². The van der Waals surface area contributed by atoms with E-state index in [0.717, 1.165) is 12.8 Å². The molecule has 1 rings (SSSR count). The molecule has 0 amide bonds. The van der Waals surface area contributed by atoms with E-state index in [1.807, 2.05) is 13.8 Å². The maximum absolute atomic E-state index is 12.3. The highest BCUT2D eigenvalue weighted by molar-refractivity contribution is 7.89. The van der Waals surface area contributed by atoms with Crippen LogP contribution in [0, 0.1) is 0 Å². The molecule has 1 unspecified atom stereocenters. The van der Waals surface area contributed by atoms with E-state index in [9.17, 15) is 8.42 Å². The van der Waals surface area contributed by atoms with Gasteiger partial charge in [0.25, 0.3) is 0 Å². The van der Waals surface area contributed by atoms with E-state index >= 15 is 0 Å². The standard InChI is InChI=1S/C11H23N3O4S/c1-9(2)18-7-8-19(16,17)14-6-4-3-5-10(14)11(12)13-15/h9-10,15H,3-8H2,1-2H3,(H2,12,13). The van der Waals surface area contributed by atoms with Gasteiger partial charge in [0, 0.05) is 6.54 Å². The van der Waals surface area contributed by atoms with Gasteiger partial charge in [-0.05, 0) is 26.7 Å². The summed E-state index contributed by atoms with van der Waals surface area (Å²) in [4.78, 5) is 0. The number of hydrogen-bond donors (Lipinski definition) is 2. The van der Waals surface area contributed by atoms with Gasteiger partial charge in [-0.1, -0.05) is 11.6 Å². The lowest BCUT2D eigenvalue weighted by Crippen LogP contribution is -2.51. The Morgan fingerprint density at radius 1 is 1.53 bits per heavy atom. The van der Waals surface area contributed by atoms with Crippen LogP contribution in [0.4, 0.5) is 0 Å². The third kappa shape index (κ3) is 4.63. The van der Waals surface area contributed by atoms with Gasteiger partial charge in [-0.3, -0.25) is 0 Å². The quantitative estimate of drug-likeness (QED) is 0.318. The first kappa shape index (κ1) is 16.2. The third-order valence-electron chi connectivity index (χ3n) is 3.06. The van der Waals surface area contributed by atoms with Crippen molar-refractivity contribution in [2.24, 2.45) is 10.9 Å². The number of hydrogen-bond acceptors (Lipinski definition) is 5. The van der Waals surface area contributed by atoms with Crippen LogP contribution in [-0.2, 0) is 14.8 Å². The Morgan fingerprint density at radius 3 is 2.79 bits per heavy atom. The SMILES string of the molecule is CC(C)OCCS(=O)(=O)N1CCCCC1C(N)=NO. The first-order valence-corrected chi connectivity index (χ1v) is 8.08. The molecular weight excluding hydrogens is 270 g/mol. The molecule has 0 radical (unpaired) electrons. The first-order chi connectivity index (χ1) is 8.88. The largest absolute Gasteiger partial charge is 0.409 e. The fraction of sp³-hybridized carbons (Fsp3) is 0.909. The molecule has 0 aliphatic carbocycles. The van der Waals surface area contributed by atoms with Crippen molar-refractivity contribution in [3.63, 3.8) is 0 Å². The summed E-state index contributed by atoms with van der Waals surface area (Å²) in [6.07, 6.45) is 2.24. The van der Waals surface area contributed by atoms with Gasteiger partial charge >= 0.3 is 0 Å². The molecule has 0 aromatic heterocycles. The summed E-state index contributed by atoms with van der Waals surface area (Å²) in [5.74, 6) is -0.131. The van der Waals surface area contributed by atoms with E-state index in [1.165, 1.54) is 4.31 Å². The van der Waals surface area contributed by atoms with Gasteiger partial charge < -0.3 is 15.7 Å². The first-order valence-electron chi connectivity index (χ1n) is 6.47. The predicted molar refractivity (Wildman–Crippen MR) is 72.6 cm³/mol. The number of amidine groups is 1. The normalized spacial score (nSPS) is 22.9. The van der Waals surface area contributed by atoms with E-state index in [4.69, 9.17) is 15.7 Å². The van der Waals surface area contributed by atoms with Crippen molar-refractivity contribution in [2.75, 3.05) is 18.9 Å². The van der Waals surface area contributed by atoms with Crippen LogP contribution in [0.15, 0.2) is 5.16 Å². The molecule has 0 aromatic carbocycles. The third-order valence-corrected chi connectivity index (χ3v) is 4.89. The average molecular weight is 293 g/mol. The number of oxime groups is 1. The molecule has 112 valence electrons. The van der Waals surface area contributed by atoms with Crippen LogP contribution in [0.1, 0.15) is 33.1 Å². The molecule has 0 spiro atoms. The minimum absolute atomic E-state index is 0.00331. The second kappa shape index (κ2) is 7.06. The van der Waals surface area contributed by atoms with Gasteiger partial charge in [0.1, 0.15) is 0 Å². The minimum Gasteiger partial charge on any atom is -0.409 e. The van der Waals surface area contributed by atoms with Crippen LogP contribution in [0.3, 0.4) is 0 Å². The topological polar surface area (TPSA) is 105 Å². The Labute approximate surface area is 114 Å². The van der Waals surface area contributed by atoms with Crippen LogP contribution >= 0.6 is 0 Å². The Bertz CT molecular complexity index is 408. The zero-order chi connectivity index (χ0) is 14.5. The number of ether oxygens (including phenoxy) is 1. The molecule has 8 heteroatoms. The molecule has 19 heavy (non-hydrogen) atoms. The maximum Gasteiger partial charge on any atom is 0.217 e. The number of piperidine rings is 1. The lowest BCUT2D eigenvalue weighted by Gasteiger charge is -2.33. The van der Waals surface area contributed by atoms with Crippen molar-refractivity contribution in [3.05, 3.63) is 0 Å². The van der Waals surface area contributed by atoms with Crippen molar-refractivity contribution in [2.45, 2.75) is 45.3 Å². The molecular formula is C11H23N3O4S. The molecule has 0 aromatic rings. The van der Waals surface area contributed by atoms with Crippen molar-refractivity contribution in [1.82, 2.24) is 4.31 Å². The summed E-state index contributed by atoms with van der Waals surface area (Å²) in [5.41, 5.74) is 5.57. The highest BCUT2D eigenvalue weighted by atomic mass is 32.2. The van der Waals surface area contributed by atoms with Crippen LogP contribution in [-0.4, -0.2) is 54.8 Å². The minimum atomic E-state index is -3.45. The molecule has 0 bridgehead atoms. The van der Waals surface area contributed by atoms with Gasteiger partial charge in [0.05, 0.1) is 24.5 Å². The second-order valence-electron chi connectivity index (χ2n) is 4.88. The van der Waals surface area contributed by atoms with Crippen molar-refractivity contribution < 1.29 is 18.4 Å². The van der Waals surface area contributed by atoms with Crippen LogP contribution < -0.4 is 5.73 Å². The average Bonchev–Trinajstić information content (AvgIpc) is 2.37. The van der Waals surface area contributed by atoms with E-state index in [1.54, 1.807) is 0 Å². The number of rotatable bonds is 6. The zero-order valence-corrected chi connectivity index (χ0v) is 12.3. The molecule has 1 atom stereocenters. The van der Waals surface area contributed by atoms with Gasteiger partial charge in [0.15, 0.2) is 5.84 Å². The van der Waals surface area contributed by atoms with Gasteiger partial charge in [-0.2, -0.15) is 4.31 Å². The Kier molecular flexibility index (Phi) is 6.02. The summed E-state index contributed by atoms with van der Waals surface area (Å²) in [5, 5.41) is 11.7. The molecule has 1 aliphatic heterocycles. The molecule has 1 fully saturated rings. The molecule has 7 nitrogen and oxygen atoms in total. The van der Waals surface area contributed by atoms with E-state index in [-0.39, 0.29) is 24.3 Å². The zero-order valence-electron chi connectivity index (χ0n) is 11.4. The summed E-state index contributed by atoms with van der Waals surface area (Å²) in [6.45, 7) is 4.27. The summed E-state index contributed by atoms with van der Waals surface area (Å²) in [6, 6.07) is -0.539. The second-order valence-corrected chi connectivity index (χ2v) is 6.92. The van der Waals surface area contributed by atoms with Gasteiger partial charge in [-0.25, -0.2) is 8.42 Å². The van der Waals surface area contributed by atoms with E-state index in [2.05, 4.69) is 5.16 Å². The smallest absolute Gasteiger partial charge is 0.217 e. The Hall–Kier alpha value is -0.860. The molecule has 3 N–H and O–H groups in total. The highest BCUT2D eigenvalue weighted by Gasteiger charge is 2.34. The monoisotopic (exact) mass is 293 g/mol. The lowest BCUT2D eigenvalue weighted by molar-refractivity contribution is 0.0904. The number of nitrogens with zero attached hydrogens (tertiary/aromatic N) is 2. The fourth-order valence-electron chi connectivity index (χ4n) is 2.11. The summed E-state index contributed by atoms with van der Waals surface area (Å²) in [7, 11) is -3.45. The van der Waals surface area contributed by atoms with Crippen molar-refractivity contribution in [1.29, 1.82) is 0 Å². The maximum atomic E-state index is 12.3. The highest BCUT2D eigenvalue weighted by Crippen LogP contribution is 2.21. The van der Waals surface area contributed by atoms with Gasteiger partial charge in [-0.15, -0.1) is 0 Å². The number of sulfonamides is 1. The van der Waals surface area contributed by atoms with Crippen LogP contribution in [0.25, 0.3) is 0 Å². The van der Waals surface area contributed by atoms with Gasteiger partial charge in [0.2, 0.25) is 10.0 Å². The van der Waals surface area contributed by atoms with E-state index < -0.39 is 16.1 Å². The van der Waals surface area contributed by atoms with Crippen molar-refractivity contribution in [3.8, 4) is 0 Å². The van der Waals surface area contributed by atoms with E-state index in [0.29, 0.717) is 13.0 Å². The molecule has 0 saturated carbocycles. The van der Waals surface area contributed by atoms with Crippen LogP contribution in [0.2, 0.25) is 0 Å². The predicted octanol–water partition coefficient (Wildman–Crippen LogP) is 0.342. The molecule has 1 heterocycles. The Balaban J connectivity index is 2.73. The Morgan fingerprint density at radius 2 is 2.21 bits per heavy atom.